The van der Waals surface area contributed by atoms with E-state index >= 15 is 0 Å². The van der Waals surface area contributed by atoms with Gasteiger partial charge in [-0.05, 0) is 25.5 Å². The van der Waals surface area contributed by atoms with E-state index in [1.54, 1.807) is 13.0 Å². The number of anilines is 1. The van der Waals surface area contributed by atoms with Gasteiger partial charge in [-0.2, -0.15) is 0 Å². The number of nitro groups is 1. The number of benzene rings is 1. The quantitative estimate of drug-likeness (QED) is 0.494. The highest BCUT2D eigenvalue weighted by molar-refractivity contribution is 6.02. The Labute approximate surface area is 99.3 Å². The lowest BCUT2D eigenvalue weighted by Crippen LogP contribution is -2.12. The molecule has 1 N–H and O–H groups in total. The third kappa shape index (κ3) is 3.14. The average molecular weight is 234 g/mol. The molecule has 0 saturated heterocycles. The largest absolute Gasteiger partial charge is 0.322 e. The van der Waals surface area contributed by atoms with Gasteiger partial charge >= 0.3 is 0 Å². The van der Waals surface area contributed by atoms with Crippen LogP contribution >= 0.6 is 0 Å². The van der Waals surface area contributed by atoms with Crippen molar-refractivity contribution in [3.8, 4) is 0 Å². The van der Waals surface area contributed by atoms with Crippen molar-refractivity contribution in [3.63, 3.8) is 0 Å². The van der Waals surface area contributed by atoms with Gasteiger partial charge in [-0.3, -0.25) is 14.9 Å². The summed E-state index contributed by atoms with van der Waals surface area (Å²) in [5, 5.41) is 13.3. The summed E-state index contributed by atoms with van der Waals surface area (Å²) >= 11 is 0. The summed E-state index contributed by atoms with van der Waals surface area (Å²) in [6, 6.07) is 4.52. The summed E-state index contributed by atoms with van der Waals surface area (Å²) in [5.74, 6) is -0.291. The molecule has 0 atom stereocenters. The number of carbonyl (C=O) groups is 1. The normalized spacial score (nSPS) is 9.76. The molecule has 0 heterocycles. The molecule has 0 aliphatic heterocycles. The second kappa shape index (κ2) is 5.25. The van der Waals surface area contributed by atoms with Crippen LogP contribution in [0, 0.1) is 10.1 Å². The fraction of sp³-hybridized carbons (Fsp3) is 0.250. The van der Waals surface area contributed by atoms with Crippen LogP contribution in [0.15, 0.2) is 30.4 Å². The zero-order chi connectivity index (χ0) is 13.0. The topological polar surface area (TPSA) is 72.2 Å². The first-order valence-corrected chi connectivity index (χ1v) is 5.20. The van der Waals surface area contributed by atoms with E-state index in [9.17, 15) is 14.9 Å². The molecule has 17 heavy (non-hydrogen) atoms. The number of aryl methyl sites for hydroxylation is 1. The van der Waals surface area contributed by atoms with Gasteiger partial charge < -0.3 is 5.32 Å². The van der Waals surface area contributed by atoms with Gasteiger partial charge in [0.1, 0.15) is 0 Å². The van der Waals surface area contributed by atoms with Crippen LogP contribution in [-0.2, 0) is 11.2 Å². The fourth-order valence-corrected chi connectivity index (χ4v) is 1.36. The first-order chi connectivity index (χ1) is 7.95. The first-order valence-electron chi connectivity index (χ1n) is 5.20. The molecule has 1 aromatic carbocycles. The monoisotopic (exact) mass is 234 g/mol. The number of amides is 1. The first kappa shape index (κ1) is 12.9. The van der Waals surface area contributed by atoms with Crippen molar-refractivity contribution in [2.45, 2.75) is 20.3 Å². The van der Waals surface area contributed by atoms with E-state index in [-0.39, 0.29) is 11.6 Å². The molecule has 0 unspecified atom stereocenters. The Morgan fingerprint density at radius 3 is 2.65 bits per heavy atom. The highest BCUT2D eigenvalue weighted by atomic mass is 16.6. The van der Waals surface area contributed by atoms with E-state index in [4.69, 9.17) is 0 Å². The minimum absolute atomic E-state index is 0.0702. The van der Waals surface area contributed by atoms with E-state index in [2.05, 4.69) is 11.9 Å². The second-order valence-corrected chi connectivity index (χ2v) is 3.69. The van der Waals surface area contributed by atoms with Crippen LogP contribution in [0.3, 0.4) is 0 Å². The number of carbonyl (C=O) groups excluding carboxylic acids is 1. The summed E-state index contributed by atoms with van der Waals surface area (Å²) in [7, 11) is 0. The molecular formula is C12H14N2O3. The van der Waals surface area contributed by atoms with Crippen LogP contribution in [0.1, 0.15) is 19.4 Å². The lowest BCUT2D eigenvalue weighted by atomic mass is 10.1. The van der Waals surface area contributed by atoms with Crippen LogP contribution in [0.5, 0.6) is 0 Å². The number of nitrogens with one attached hydrogen (secondary N) is 1. The SMILES string of the molecule is C=C(C)C(=O)Nc1ccc([N+](=O)[O-])c(CC)c1. The molecule has 0 spiro atoms. The smallest absolute Gasteiger partial charge is 0.272 e. The summed E-state index contributed by atoms with van der Waals surface area (Å²) in [6.45, 7) is 6.94. The second-order valence-electron chi connectivity index (χ2n) is 3.69. The van der Waals surface area contributed by atoms with Gasteiger partial charge in [0, 0.05) is 22.9 Å². The fourth-order valence-electron chi connectivity index (χ4n) is 1.36. The maximum absolute atomic E-state index is 11.4. The molecule has 1 amide bonds. The highest BCUT2D eigenvalue weighted by Crippen LogP contribution is 2.23. The number of hydrogen-bond donors (Lipinski definition) is 1. The maximum atomic E-state index is 11.4. The predicted molar refractivity (Wildman–Crippen MR) is 65.9 cm³/mol. The van der Waals surface area contributed by atoms with Gasteiger partial charge in [-0.25, -0.2) is 0 Å². The van der Waals surface area contributed by atoms with Gasteiger partial charge in [0.05, 0.1) is 4.92 Å². The standard InChI is InChI=1S/C12H14N2O3/c1-4-9-7-10(13-12(15)8(2)3)5-6-11(9)14(16)17/h5-7H,2,4H2,1,3H3,(H,13,15). The molecule has 5 heteroatoms. The maximum Gasteiger partial charge on any atom is 0.272 e. The Bertz CT molecular complexity index is 481. The van der Waals surface area contributed by atoms with Gasteiger partial charge in [-0.15, -0.1) is 0 Å². The van der Waals surface area contributed by atoms with Crippen molar-refractivity contribution < 1.29 is 9.72 Å². The van der Waals surface area contributed by atoms with Crippen LogP contribution < -0.4 is 5.32 Å². The molecule has 5 nitrogen and oxygen atoms in total. The zero-order valence-corrected chi connectivity index (χ0v) is 9.82. The molecule has 0 saturated carbocycles. The van der Waals surface area contributed by atoms with Crippen molar-refractivity contribution in [1.29, 1.82) is 0 Å². The minimum Gasteiger partial charge on any atom is -0.322 e. The molecule has 0 fully saturated rings. The zero-order valence-electron chi connectivity index (χ0n) is 9.82. The van der Waals surface area contributed by atoms with Crippen LogP contribution in [0.25, 0.3) is 0 Å². The van der Waals surface area contributed by atoms with Crippen LogP contribution in [0.2, 0.25) is 0 Å². The summed E-state index contributed by atoms with van der Waals surface area (Å²) in [6.07, 6.45) is 0.535. The summed E-state index contributed by atoms with van der Waals surface area (Å²) < 4.78 is 0. The Kier molecular flexibility index (Phi) is 3.98. The Balaban J connectivity index is 3.01. The highest BCUT2D eigenvalue weighted by Gasteiger charge is 2.13. The Morgan fingerprint density at radius 1 is 1.53 bits per heavy atom. The number of rotatable bonds is 4. The molecule has 1 aromatic rings. The average Bonchev–Trinajstić information content (AvgIpc) is 2.28. The number of hydrogen-bond acceptors (Lipinski definition) is 3. The predicted octanol–water partition coefficient (Wildman–Crippen LogP) is 2.67. The van der Waals surface area contributed by atoms with E-state index < -0.39 is 4.92 Å². The van der Waals surface area contributed by atoms with Crippen molar-refractivity contribution >= 4 is 17.3 Å². The van der Waals surface area contributed by atoms with E-state index in [0.29, 0.717) is 23.2 Å². The molecule has 90 valence electrons. The molecule has 0 radical (unpaired) electrons. The number of nitrogens with zero attached hydrogens (tertiary/aromatic N) is 1. The molecular weight excluding hydrogens is 220 g/mol. The molecule has 0 aliphatic carbocycles. The Morgan fingerprint density at radius 2 is 2.18 bits per heavy atom. The summed E-state index contributed by atoms with van der Waals surface area (Å²) in [5.41, 5.74) is 1.59. The third-order valence-electron chi connectivity index (χ3n) is 2.30. The lowest BCUT2D eigenvalue weighted by molar-refractivity contribution is -0.385. The minimum atomic E-state index is -0.427. The van der Waals surface area contributed by atoms with Gasteiger partial charge in [0.25, 0.3) is 11.6 Å². The molecule has 0 bridgehead atoms. The van der Waals surface area contributed by atoms with Crippen molar-refractivity contribution in [2.75, 3.05) is 5.32 Å². The van der Waals surface area contributed by atoms with Crippen LogP contribution in [-0.4, -0.2) is 10.8 Å². The molecule has 0 aromatic heterocycles. The number of nitro benzene ring substituents is 1. The van der Waals surface area contributed by atoms with Crippen molar-refractivity contribution in [1.82, 2.24) is 0 Å². The Hall–Kier alpha value is -2.17. The molecule has 0 aliphatic rings. The lowest BCUT2D eigenvalue weighted by Gasteiger charge is -2.06. The molecule has 1 rings (SSSR count). The van der Waals surface area contributed by atoms with Crippen LogP contribution in [0.4, 0.5) is 11.4 Å². The van der Waals surface area contributed by atoms with E-state index in [0.717, 1.165) is 0 Å². The van der Waals surface area contributed by atoms with E-state index in [1.165, 1.54) is 12.1 Å². The van der Waals surface area contributed by atoms with E-state index in [1.807, 2.05) is 6.92 Å². The summed E-state index contributed by atoms with van der Waals surface area (Å²) in [4.78, 5) is 21.7. The van der Waals surface area contributed by atoms with Gasteiger partial charge in [-0.1, -0.05) is 13.5 Å². The van der Waals surface area contributed by atoms with Gasteiger partial charge in [0.15, 0.2) is 0 Å². The van der Waals surface area contributed by atoms with Crippen molar-refractivity contribution in [3.05, 3.63) is 46.0 Å². The van der Waals surface area contributed by atoms with Gasteiger partial charge in [0.2, 0.25) is 0 Å². The van der Waals surface area contributed by atoms with Crippen molar-refractivity contribution in [2.24, 2.45) is 0 Å². The third-order valence-corrected chi connectivity index (χ3v) is 2.30.